The van der Waals surface area contributed by atoms with Gasteiger partial charge in [0.2, 0.25) is 5.91 Å². The molecule has 166 valence electrons. The molecule has 0 bridgehead atoms. The number of nitrogens with zero attached hydrogens (tertiary/aromatic N) is 4. The van der Waals surface area contributed by atoms with Crippen molar-refractivity contribution in [2.45, 2.75) is 18.9 Å². The number of piperazine rings is 1. The van der Waals surface area contributed by atoms with Gasteiger partial charge in [0, 0.05) is 60.0 Å². The average molecular weight is 418 g/mol. The van der Waals surface area contributed by atoms with E-state index in [-0.39, 0.29) is 18.6 Å². The summed E-state index contributed by atoms with van der Waals surface area (Å²) in [5, 5.41) is 3.44. The second-order valence-corrected chi connectivity index (χ2v) is 7.93. The highest BCUT2D eigenvalue weighted by Crippen LogP contribution is 2.11. The van der Waals surface area contributed by atoms with E-state index in [0.29, 0.717) is 6.61 Å². The van der Waals surface area contributed by atoms with Crippen molar-refractivity contribution < 1.29 is 14.3 Å². The van der Waals surface area contributed by atoms with E-state index >= 15 is 0 Å². The first-order valence-electron chi connectivity index (χ1n) is 10.9. The molecular formula is C22H35N5O3. The number of nitrogens with one attached hydrogen (secondary N) is 1. The van der Waals surface area contributed by atoms with Crippen LogP contribution in [0.25, 0.3) is 0 Å². The zero-order valence-electron chi connectivity index (χ0n) is 18.3. The number of para-hydroxylation sites is 1. The van der Waals surface area contributed by atoms with E-state index in [1.165, 1.54) is 0 Å². The number of carbonyl (C=O) groups excluding carboxylic acids is 1. The molecule has 2 saturated heterocycles. The molecule has 1 aromatic rings. The summed E-state index contributed by atoms with van der Waals surface area (Å²) in [5.74, 6) is 1.72. The summed E-state index contributed by atoms with van der Waals surface area (Å²) in [6.45, 7) is 6.95. The normalized spacial score (nSPS) is 20.3. The number of amides is 1. The third-order valence-electron chi connectivity index (χ3n) is 5.47. The van der Waals surface area contributed by atoms with Crippen molar-refractivity contribution in [3.63, 3.8) is 0 Å². The maximum Gasteiger partial charge on any atom is 0.243 e. The fraction of sp³-hybridized carbons (Fsp3) is 0.636. The van der Waals surface area contributed by atoms with Crippen LogP contribution in [0.5, 0.6) is 5.75 Å². The number of benzene rings is 1. The van der Waals surface area contributed by atoms with Crippen molar-refractivity contribution >= 4 is 11.9 Å². The van der Waals surface area contributed by atoms with Crippen LogP contribution in [-0.4, -0.2) is 106 Å². The summed E-state index contributed by atoms with van der Waals surface area (Å²) in [4.78, 5) is 22.8. The molecule has 2 heterocycles. The Bertz CT molecular complexity index is 669. The molecule has 2 fully saturated rings. The molecule has 1 unspecified atom stereocenters. The highest BCUT2D eigenvalue weighted by Gasteiger charge is 2.22. The largest absolute Gasteiger partial charge is 0.492 e. The monoisotopic (exact) mass is 417 g/mol. The first-order chi connectivity index (χ1) is 14.6. The van der Waals surface area contributed by atoms with Crippen LogP contribution in [0.2, 0.25) is 0 Å². The molecule has 30 heavy (non-hydrogen) atoms. The van der Waals surface area contributed by atoms with Gasteiger partial charge in [0.05, 0.1) is 6.10 Å². The second-order valence-electron chi connectivity index (χ2n) is 7.93. The number of aliphatic imine (C=N–C) groups is 1. The molecule has 3 rings (SSSR count). The van der Waals surface area contributed by atoms with Crippen molar-refractivity contribution in [1.29, 1.82) is 0 Å². The van der Waals surface area contributed by atoms with Crippen LogP contribution in [0, 0.1) is 0 Å². The third-order valence-corrected chi connectivity index (χ3v) is 5.47. The molecule has 8 heteroatoms. The SMILES string of the molecule is CN(C)C(=O)CN=C(NCC1CCCO1)N1CCN(CCOc2ccccc2)CC1. The van der Waals surface area contributed by atoms with Gasteiger partial charge in [-0.15, -0.1) is 0 Å². The molecule has 0 aromatic heterocycles. The number of likely N-dealkylation sites (N-methyl/N-ethyl adjacent to an activating group) is 1. The molecule has 0 aliphatic carbocycles. The van der Waals surface area contributed by atoms with Crippen LogP contribution in [-0.2, 0) is 9.53 Å². The van der Waals surface area contributed by atoms with Crippen molar-refractivity contribution in [3.05, 3.63) is 30.3 Å². The number of rotatable bonds is 8. The standard InChI is InChI=1S/C22H35N5O3/c1-25(2)21(28)18-24-22(23-17-20-9-6-15-29-20)27-12-10-26(11-13-27)14-16-30-19-7-4-3-5-8-19/h3-5,7-8,20H,6,9-18H2,1-2H3,(H,23,24). The summed E-state index contributed by atoms with van der Waals surface area (Å²) in [7, 11) is 3.52. The minimum absolute atomic E-state index is 0.00288. The maximum atomic E-state index is 12.0. The lowest BCUT2D eigenvalue weighted by Gasteiger charge is -2.36. The lowest BCUT2D eigenvalue weighted by molar-refractivity contribution is -0.127. The van der Waals surface area contributed by atoms with Crippen LogP contribution in [0.4, 0.5) is 0 Å². The topological polar surface area (TPSA) is 69.6 Å². The van der Waals surface area contributed by atoms with E-state index < -0.39 is 0 Å². The van der Waals surface area contributed by atoms with Crippen LogP contribution in [0.1, 0.15) is 12.8 Å². The van der Waals surface area contributed by atoms with E-state index in [9.17, 15) is 4.79 Å². The van der Waals surface area contributed by atoms with Gasteiger partial charge >= 0.3 is 0 Å². The number of ether oxygens (including phenoxy) is 2. The van der Waals surface area contributed by atoms with E-state index in [4.69, 9.17) is 9.47 Å². The van der Waals surface area contributed by atoms with Gasteiger partial charge in [0.25, 0.3) is 0 Å². The Morgan fingerprint density at radius 2 is 2.00 bits per heavy atom. The van der Waals surface area contributed by atoms with E-state index in [1.807, 2.05) is 30.3 Å². The quantitative estimate of drug-likeness (QED) is 0.501. The summed E-state index contributed by atoms with van der Waals surface area (Å²) < 4.78 is 11.5. The number of guanidine groups is 1. The maximum absolute atomic E-state index is 12.0. The summed E-state index contributed by atoms with van der Waals surface area (Å²) in [5.41, 5.74) is 0. The van der Waals surface area contributed by atoms with Gasteiger partial charge < -0.3 is 24.6 Å². The smallest absolute Gasteiger partial charge is 0.243 e. The second kappa shape index (κ2) is 11.8. The molecule has 1 atom stereocenters. The molecule has 0 radical (unpaired) electrons. The lowest BCUT2D eigenvalue weighted by atomic mass is 10.2. The van der Waals surface area contributed by atoms with Crippen LogP contribution < -0.4 is 10.1 Å². The molecule has 0 spiro atoms. The van der Waals surface area contributed by atoms with Gasteiger partial charge in [-0.2, -0.15) is 0 Å². The molecular weight excluding hydrogens is 382 g/mol. The van der Waals surface area contributed by atoms with Gasteiger partial charge in [-0.25, -0.2) is 4.99 Å². The number of hydrogen-bond acceptors (Lipinski definition) is 5. The Labute approximate surface area is 179 Å². The molecule has 8 nitrogen and oxygen atoms in total. The molecule has 0 saturated carbocycles. The zero-order valence-corrected chi connectivity index (χ0v) is 18.3. The zero-order chi connectivity index (χ0) is 21.2. The third kappa shape index (κ3) is 7.18. The van der Waals surface area contributed by atoms with Crippen molar-refractivity contribution in [1.82, 2.24) is 20.0 Å². The van der Waals surface area contributed by atoms with E-state index in [0.717, 1.165) is 70.4 Å². The Kier molecular flexibility index (Phi) is 8.77. The Morgan fingerprint density at radius 3 is 2.67 bits per heavy atom. The first kappa shape index (κ1) is 22.4. The van der Waals surface area contributed by atoms with Crippen molar-refractivity contribution in [2.75, 3.05) is 73.1 Å². The van der Waals surface area contributed by atoms with Crippen LogP contribution in [0.15, 0.2) is 35.3 Å². The number of hydrogen-bond donors (Lipinski definition) is 1. The van der Waals surface area contributed by atoms with Crippen LogP contribution in [0.3, 0.4) is 0 Å². The molecule has 1 N–H and O–H groups in total. The minimum Gasteiger partial charge on any atom is -0.492 e. The molecule has 2 aliphatic rings. The lowest BCUT2D eigenvalue weighted by Crippen LogP contribution is -2.54. The summed E-state index contributed by atoms with van der Waals surface area (Å²) >= 11 is 0. The van der Waals surface area contributed by atoms with Gasteiger partial charge in [0.15, 0.2) is 5.96 Å². The highest BCUT2D eigenvalue weighted by atomic mass is 16.5. The number of carbonyl (C=O) groups is 1. The van der Waals surface area contributed by atoms with Crippen molar-refractivity contribution in [3.8, 4) is 5.75 Å². The first-order valence-corrected chi connectivity index (χ1v) is 10.9. The molecule has 1 aromatic carbocycles. The predicted molar refractivity (Wildman–Crippen MR) is 118 cm³/mol. The highest BCUT2D eigenvalue weighted by molar-refractivity contribution is 5.85. The van der Waals surface area contributed by atoms with E-state index in [1.54, 1.807) is 19.0 Å². The Morgan fingerprint density at radius 1 is 1.23 bits per heavy atom. The van der Waals surface area contributed by atoms with Crippen molar-refractivity contribution in [2.24, 2.45) is 4.99 Å². The predicted octanol–water partition coefficient (Wildman–Crippen LogP) is 0.896. The Balaban J connectivity index is 1.46. The van der Waals surface area contributed by atoms with E-state index in [2.05, 4.69) is 20.1 Å². The minimum atomic E-state index is 0.00288. The van der Waals surface area contributed by atoms with Gasteiger partial charge in [-0.3, -0.25) is 9.69 Å². The fourth-order valence-corrected chi connectivity index (χ4v) is 3.55. The Hall–Kier alpha value is -2.32. The average Bonchev–Trinajstić information content (AvgIpc) is 3.28. The fourth-order valence-electron chi connectivity index (χ4n) is 3.55. The molecule has 2 aliphatic heterocycles. The van der Waals surface area contributed by atoms with Gasteiger partial charge in [0.1, 0.15) is 18.9 Å². The van der Waals surface area contributed by atoms with Gasteiger partial charge in [-0.1, -0.05) is 18.2 Å². The van der Waals surface area contributed by atoms with Crippen LogP contribution >= 0.6 is 0 Å². The van der Waals surface area contributed by atoms with Gasteiger partial charge in [-0.05, 0) is 25.0 Å². The summed E-state index contributed by atoms with van der Waals surface area (Å²) in [6.07, 6.45) is 2.42. The summed E-state index contributed by atoms with van der Waals surface area (Å²) in [6, 6.07) is 9.92. The molecule has 1 amide bonds.